The fraction of sp³-hybridized carbons (Fsp3) is 0.529. The molecule has 1 fully saturated rings. The lowest BCUT2D eigenvalue weighted by Crippen LogP contribution is -2.44. The van der Waals surface area contributed by atoms with Gasteiger partial charge in [-0.1, -0.05) is 22.4 Å². The van der Waals surface area contributed by atoms with Crippen LogP contribution in [0.25, 0.3) is 0 Å². The lowest BCUT2D eigenvalue weighted by molar-refractivity contribution is -0.385. The summed E-state index contributed by atoms with van der Waals surface area (Å²) in [6.07, 6.45) is 6.95. The molecule has 10 heteroatoms. The highest BCUT2D eigenvalue weighted by Gasteiger charge is 2.33. The number of rotatable bonds is 7. The SMILES string of the molecule is C#CN(CCBr)c1ccc([N+](=O)[O-])cc1S(=O)(=O)N1CCC(N(C)C)CC1. The van der Waals surface area contributed by atoms with Crippen molar-refractivity contribution in [1.29, 1.82) is 0 Å². The van der Waals surface area contributed by atoms with Crippen LogP contribution in [-0.4, -0.2) is 67.6 Å². The van der Waals surface area contributed by atoms with Crippen LogP contribution in [-0.2, 0) is 10.0 Å². The van der Waals surface area contributed by atoms with Crippen molar-refractivity contribution < 1.29 is 13.3 Å². The number of halogens is 1. The Bertz CT molecular complexity index is 830. The van der Waals surface area contributed by atoms with E-state index in [1.165, 1.54) is 21.3 Å². The molecule has 0 atom stereocenters. The Hall–Kier alpha value is -1.67. The maximum atomic E-state index is 13.3. The Morgan fingerprint density at radius 1 is 1.37 bits per heavy atom. The average molecular weight is 459 g/mol. The van der Waals surface area contributed by atoms with Gasteiger partial charge in [-0.2, -0.15) is 4.31 Å². The summed E-state index contributed by atoms with van der Waals surface area (Å²) >= 11 is 3.29. The molecule has 0 aromatic heterocycles. The van der Waals surface area contributed by atoms with Crippen LogP contribution in [0.2, 0.25) is 0 Å². The van der Waals surface area contributed by atoms with Crippen LogP contribution in [0, 0.1) is 22.6 Å². The topological polar surface area (TPSA) is 87.0 Å². The van der Waals surface area contributed by atoms with E-state index in [0.717, 1.165) is 6.07 Å². The molecule has 0 aliphatic carbocycles. The maximum absolute atomic E-state index is 13.3. The highest BCUT2D eigenvalue weighted by atomic mass is 79.9. The monoisotopic (exact) mass is 458 g/mol. The molecule has 1 aromatic carbocycles. The standard InChI is InChI=1S/C17H23BrN4O4S/c1-4-20(12-9-18)16-6-5-15(22(23)24)13-17(16)27(25,26)21-10-7-14(8-11-21)19(2)3/h1,5-6,13-14H,7-12H2,2-3H3. The molecular weight excluding hydrogens is 436 g/mol. The number of nitro benzene ring substituents is 1. The summed E-state index contributed by atoms with van der Waals surface area (Å²) in [5, 5.41) is 11.7. The van der Waals surface area contributed by atoms with Gasteiger partial charge in [0.05, 0.1) is 10.6 Å². The quantitative estimate of drug-likeness (QED) is 0.204. The van der Waals surface area contributed by atoms with Crippen LogP contribution in [0.4, 0.5) is 11.4 Å². The van der Waals surface area contributed by atoms with Gasteiger partial charge in [-0.15, -0.1) is 0 Å². The molecule has 148 valence electrons. The number of alkyl halides is 1. The van der Waals surface area contributed by atoms with Crippen LogP contribution in [0.1, 0.15) is 12.8 Å². The van der Waals surface area contributed by atoms with Gasteiger partial charge in [-0.25, -0.2) is 8.42 Å². The Labute approximate surface area is 168 Å². The molecule has 2 rings (SSSR count). The van der Waals surface area contributed by atoms with E-state index in [4.69, 9.17) is 6.42 Å². The summed E-state index contributed by atoms with van der Waals surface area (Å²) in [5.41, 5.74) is -0.00593. The maximum Gasteiger partial charge on any atom is 0.270 e. The summed E-state index contributed by atoms with van der Waals surface area (Å²) < 4.78 is 27.9. The molecular formula is C17H23BrN4O4S. The predicted molar refractivity (Wildman–Crippen MR) is 109 cm³/mol. The molecule has 1 saturated heterocycles. The van der Waals surface area contributed by atoms with Crippen molar-refractivity contribution in [1.82, 2.24) is 9.21 Å². The Balaban J connectivity index is 2.46. The summed E-state index contributed by atoms with van der Waals surface area (Å²) in [7, 11) is 0.0282. The zero-order valence-electron chi connectivity index (χ0n) is 15.3. The van der Waals surface area contributed by atoms with E-state index in [1.807, 2.05) is 14.1 Å². The van der Waals surface area contributed by atoms with Crippen molar-refractivity contribution in [3.63, 3.8) is 0 Å². The summed E-state index contributed by atoms with van der Waals surface area (Å²) in [5.74, 6) is 0. The second-order valence-corrected chi connectivity index (χ2v) is 9.18. The third kappa shape index (κ3) is 4.79. The molecule has 0 bridgehead atoms. The first-order valence-corrected chi connectivity index (χ1v) is 11.0. The van der Waals surface area contributed by atoms with Crippen LogP contribution in [0.3, 0.4) is 0 Å². The number of anilines is 1. The minimum atomic E-state index is -3.91. The molecule has 0 spiro atoms. The number of non-ortho nitro benzene ring substituents is 1. The van der Waals surface area contributed by atoms with Gasteiger partial charge < -0.3 is 4.90 Å². The molecule has 1 aliphatic heterocycles. The van der Waals surface area contributed by atoms with Crippen molar-refractivity contribution in [2.45, 2.75) is 23.8 Å². The van der Waals surface area contributed by atoms with E-state index in [9.17, 15) is 18.5 Å². The molecule has 8 nitrogen and oxygen atoms in total. The smallest absolute Gasteiger partial charge is 0.270 e. The molecule has 1 aliphatic rings. The van der Waals surface area contributed by atoms with Gasteiger partial charge in [-0.05, 0) is 33.0 Å². The van der Waals surface area contributed by atoms with Gasteiger partial charge in [0.2, 0.25) is 10.0 Å². The molecule has 1 aromatic rings. The summed E-state index contributed by atoms with van der Waals surface area (Å²) in [6, 6.07) is 6.54. The van der Waals surface area contributed by atoms with Crippen molar-refractivity contribution in [2.75, 3.05) is 44.0 Å². The molecule has 0 saturated carbocycles. The van der Waals surface area contributed by atoms with Gasteiger partial charge in [-0.3, -0.25) is 15.0 Å². The minimum absolute atomic E-state index is 0.126. The highest BCUT2D eigenvalue weighted by molar-refractivity contribution is 9.09. The first kappa shape index (κ1) is 21.6. The van der Waals surface area contributed by atoms with E-state index in [-0.39, 0.29) is 16.3 Å². The van der Waals surface area contributed by atoms with Crippen LogP contribution in [0.15, 0.2) is 23.1 Å². The number of benzene rings is 1. The summed E-state index contributed by atoms with van der Waals surface area (Å²) in [6.45, 7) is 1.10. The number of nitrogens with zero attached hydrogens (tertiary/aromatic N) is 4. The third-order valence-corrected chi connectivity index (χ3v) is 6.96. The normalized spacial score (nSPS) is 16.3. The van der Waals surface area contributed by atoms with Crippen molar-refractivity contribution in [3.05, 3.63) is 28.3 Å². The second-order valence-electron chi connectivity index (χ2n) is 6.48. The number of sulfonamides is 1. The first-order valence-electron chi connectivity index (χ1n) is 8.47. The first-order chi connectivity index (χ1) is 12.7. The Kier molecular flexibility index (Phi) is 7.22. The average Bonchev–Trinajstić information content (AvgIpc) is 2.65. The summed E-state index contributed by atoms with van der Waals surface area (Å²) in [4.78, 5) is 14.0. The van der Waals surface area contributed by atoms with Crippen LogP contribution in [0.5, 0.6) is 0 Å². The number of terminal acetylenes is 1. The van der Waals surface area contributed by atoms with Gasteiger partial charge in [0.1, 0.15) is 4.90 Å². The predicted octanol–water partition coefficient (Wildman–Crippen LogP) is 2.10. The molecule has 27 heavy (non-hydrogen) atoms. The number of hydrogen-bond acceptors (Lipinski definition) is 6. The zero-order valence-corrected chi connectivity index (χ0v) is 17.7. The lowest BCUT2D eigenvalue weighted by atomic mass is 10.1. The van der Waals surface area contributed by atoms with Crippen molar-refractivity contribution in [2.24, 2.45) is 0 Å². The zero-order chi connectivity index (χ0) is 20.2. The fourth-order valence-electron chi connectivity index (χ4n) is 3.12. The molecule has 0 unspecified atom stereocenters. The molecule has 0 amide bonds. The van der Waals surface area contributed by atoms with E-state index in [2.05, 4.69) is 26.9 Å². The highest BCUT2D eigenvalue weighted by Crippen LogP contribution is 2.33. The Morgan fingerprint density at radius 3 is 2.48 bits per heavy atom. The third-order valence-electron chi connectivity index (χ3n) is 4.68. The van der Waals surface area contributed by atoms with Gasteiger partial charge in [0.15, 0.2) is 0 Å². The van der Waals surface area contributed by atoms with Crippen molar-refractivity contribution >= 4 is 37.3 Å². The molecule has 0 radical (unpaired) electrons. The van der Waals surface area contributed by atoms with E-state index >= 15 is 0 Å². The fourth-order valence-corrected chi connectivity index (χ4v) is 5.16. The van der Waals surface area contributed by atoms with Crippen LogP contribution >= 0.6 is 15.9 Å². The van der Waals surface area contributed by atoms with E-state index in [0.29, 0.717) is 43.8 Å². The van der Waals surface area contributed by atoms with Crippen molar-refractivity contribution in [3.8, 4) is 12.5 Å². The van der Waals surface area contributed by atoms with Gasteiger partial charge in [0, 0.05) is 49.2 Å². The minimum Gasteiger partial charge on any atom is -0.306 e. The number of hydrogen-bond donors (Lipinski definition) is 0. The molecule has 1 heterocycles. The van der Waals surface area contributed by atoms with Gasteiger partial charge >= 0.3 is 0 Å². The van der Waals surface area contributed by atoms with Gasteiger partial charge in [0.25, 0.3) is 5.69 Å². The van der Waals surface area contributed by atoms with Crippen LogP contribution < -0.4 is 4.90 Å². The number of piperidine rings is 1. The Morgan fingerprint density at radius 2 is 2.00 bits per heavy atom. The largest absolute Gasteiger partial charge is 0.306 e. The van der Waals surface area contributed by atoms with E-state index in [1.54, 1.807) is 0 Å². The lowest BCUT2D eigenvalue weighted by Gasteiger charge is -2.35. The second kappa shape index (κ2) is 9.01. The molecule has 0 N–H and O–H groups in total. The van der Waals surface area contributed by atoms with E-state index < -0.39 is 14.9 Å². The number of nitro groups is 1.